The first-order valence-corrected chi connectivity index (χ1v) is 9.17. The van der Waals surface area contributed by atoms with E-state index < -0.39 is 0 Å². The van der Waals surface area contributed by atoms with Crippen molar-refractivity contribution in [3.8, 4) is 0 Å². The third-order valence-corrected chi connectivity index (χ3v) is 6.44. The lowest BCUT2D eigenvalue weighted by atomic mass is 9.82. The van der Waals surface area contributed by atoms with Crippen LogP contribution in [0.5, 0.6) is 0 Å². The average molecular weight is 291 g/mol. The van der Waals surface area contributed by atoms with Gasteiger partial charge in [0.15, 0.2) is 5.13 Å². The van der Waals surface area contributed by atoms with Crippen LogP contribution in [0.3, 0.4) is 0 Å². The summed E-state index contributed by atoms with van der Waals surface area (Å²) in [6, 6.07) is 2.20. The fourth-order valence-corrected chi connectivity index (χ4v) is 5.73. The van der Waals surface area contributed by atoms with Crippen LogP contribution in [0.1, 0.15) is 56.0 Å². The molecule has 2 bridgehead atoms. The lowest BCUT2D eigenvalue weighted by Gasteiger charge is -2.49. The molecule has 1 aromatic heterocycles. The molecular formula is C16H25N3S. The van der Waals surface area contributed by atoms with Crippen LogP contribution in [0.15, 0.2) is 0 Å². The van der Waals surface area contributed by atoms with Crippen molar-refractivity contribution < 1.29 is 0 Å². The third kappa shape index (κ3) is 2.17. The van der Waals surface area contributed by atoms with E-state index in [-0.39, 0.29) is 0 Å². The highest BCUT2D eigenvalue weighted by Crippen LogP contribution is 2.41. The smallest absolute Gasteiger partial charge is 0.186 e. The van der Waals surface area contributed by atoms with Crippen molar-refractivity contribution in [2.75, 3.05) is 11.4 Å². The lowest BCUT2D eigenvalue weighted by Crippen LogP contribution is -2.56. The van der Waals surface area contributed by atoms with E-state index >= 15 is 0 Å². The average Bonchev–Trinajstić information content (AvgIpc) is 2.98. The van der Waals surface area contributed by atoms with Crippen molar-refractivity contribution in [1.82, 2.24) is 10.3 Å². The molecule has 1 N–H and O–H groups in total. The Labute approximate surface area is 125 Å². The second-order valence-electron chi connectivity index (χ2n) is 6.59. The molecule has 1 aliphatic carbocycles. The quantitative estimate of drug-likeness (QED) is 0.927. The van der Waals surface area contributed by atoms with E-state index in [2.05, 4.69) is 17.1 Å². The van der Waals surface area contributed by atoms with Crippen molar-refractivity contribution in [3.05, 3.63) is 10.6 Å². The zero-order chi connectivity index (χ0) is 13.5. The number of aromatic nitrogens is 1. The summed E-state index contributed by atoms with van der Waals surface area (Å²) in [4.78, 5) is 9.28. The van der Waals surface area contributed by atoms with Crippen molar-refractivity contribution in [2.45, 2.75) is 76.4 Å². The van der Waals surface area contributed by atoms with E-state index in [1.54, 1.807) is 4.88 Å². The van der Waals surface area contributed by atoms with Gasteiger partial charge in [-0.15, -0.1) is 11.3 Å². The van der Waals surface area contributed by atoms with Crippen molar-refractivity contribution in [2.24, 2.45) is 0 Å². The summed E-state index contributed by atoms with van der Waals surface area (Å²) in [5.41, 5.74) is 1.41. The number of hydrogen-bond acceptors (Lipinski definition) is 4. The maximum atomic E-state index is 4.99. The van der Waals surface area contributed by atoms with Gasteiger partial charge in [-0.2, -0.15) is 0 Å². The number of hydrogen-bond donors (Lipinski definition) is 1. The molecule has 2 unspecified atom stereocenters. The van der Waals surface area contributed by atoms with Gasteiger partial charge in [-0.1, -0.05) is 6.92 Å². The third-order valence-electron chi connectivity index (χ3n) is 5.27. The molecule has 0 radical (unpaired) electrons. The molecule has 0 saturated carbocycles. The van der Waals surface area contributed by atoms with E-state index in [0.29, 0.717) is 0 Å². The zero-order valence-corrected chi connectivity index (χ0v) is 13.2. The second kappa shape index (κ2) is 5.30. The molecule has 4 heteroatoms. The van der Waals surface area contributed by atoms with Crippen molar-refractivity contribution >= 4 is 16.5 Å². The number of thiazole rings is 1. The van der Waals surface area contributed by atoms with Gasteiger partial charge in [0, 0.05) is 23.0 Å². The van der Waals surface area contributed by atoms with E-state index in [4.69, 9.17) is 4.98 Å². The molecule has 4 rings (SSSR count). The Kier molecular flexibility index (Phi) is 3.47. The Morgan fingerprint density at radius 3 is 2.70 bits per heavy atom. The van der Waals surface area contributed by atoms with Gasteiger partial charge >= 0.3 is 0 Å². The van der Waals surface area contributed by atoms with Gasteiger partial charge in [-0.3, -0.25) is 0 Å². The maximum Gasteiger partial charge on any atom is 0.186 e. The number of anilines is 1. The molecule has 2 fully saturated rings. The van der Waals surface area contributed by atoms with Gasteiger partial charge < -0.3 is 10.2 Å². The Morgan fingerprint density at radius 1 is 1.20 bits per heavy atom. The molecule has 0 amide bonds. The van der Waals surface area contributed by atoms with E-state index in [9.17, 15) is 0 Å². The molecule has 2 saturated heterocycles. The van der Waals surface area contributed by atoms with Crippen LogP contribution in [0.4, 0.5) is 5.13 Å². The van der Waals surface area contributed by atoms with Gasteiger partial charge in [-0.05, 0) is 57.9 Å². The molecule has 2 aliphatic heterocycles. The minimum Gasteiger partial charge on any atom is -0.342 e. The van der Waals surface area contributed by atoms with Gasteiger partial charge in [0.1, 0.15) is 0 Å². The summed E-state index contributed by atoms with van der Waals surface area (Å²) in [6.07, 6.45) is 10.6. The van der Waals surface area contributed by atoms with E-state index in [1.807, 2.05) is 11.3 Å². The van der Waals surface area contributed by atoms with Crippen LogP contribution in [-0.2, 0) is 12.8 Å². The second-order valence-corrected chi connectivity index (χ2v) is 7.65. The Balaban J connectivity index is 1.58. The molecule has 0 aromatic carbocycles. The van der Waals surface area contributed by atoms with Gasteiger partial charge in [0.2, 0.25) is 0 Å². The monoisotopic (exact) mass is 291 g/mol. The predicted octanol–water partition coefficient (Wildman–Crippen LogP) is 3.13. The molecule has 0 spiro atoms. The van der Waals surface area contributed by atoms with Crippen LogP contribution in [0, 0.1) is 0 Å². The summed E-state index contributed by atoms with van der Waals surface area (Å²) in [5, 5.41) is 5.03. The molecule has 110 valence electrons. The van der Waals surface area contributed by atoms with Gasteiger partial charge in [0.25, 0.3) is 0 Å². The number of piperidine rings is 2. The zero-order valence-electron chi connectivity index (χ0n) is 12.4. The van der Waals surface area contributed by atoms with Crippen LogP contribution in [0.25, 0.3) is 0 Å². The summed E-state index contributed by atoms with van der Waals surface area (Å²) >= 11 is 1.99. The largest absolute Gasteiger partial charge is 0.342 e. The molecule has 3 heterocycles. The van der Waals surface area contributed by atoms with Crippen LogP contribution >= 0.6 is 11.3 Å². The predicted molar refractivity (Wildman–Crippen MR) is 84.7 cm³/mol. The normalized spacial score (nSPS) is 32.5. The molecular weight excluding hydrogens is 266 g/mol. The minimum absolute atomic E-state index is 0.734. The first-order chi connectivity index (χ1) is 9.85. The molecule has 20 heavy (non-hydrogen) atoms. The van der Waals surface area contributed by atoms with Crippen LogP contribution < -0.4 is 10.2 Å². The summed E-state index contributed by atoms with van der Waals surface area (Å²) < 4.78 is 0. The first kappa shape index (κ1) is 13.1. The molecule has 3 aliphatic rings. The number of nitrogens with one attached hydrogen (secondary N) is 1. The highest BCUT2D eigenvalue weighted by molar-refractivity contribution is 7.15. The summed E-state index contributed by atoms with van der Waals surface area (Å²) in [7, 11) is 0. The van der Waals surface area contributed by atoms with E-state index in [0.717, 1.165) is 24.7 Å². The van der Waals surface area contributed by atoms with E-state index in [1.165, 1.54) is 62.2 Å². The number of aryl methyl sites for hydroxylation is 2. The maximum absolute atomic E-state index is 4.99. The SMILES string of the molecule is CCNC1CC2CCCC(C1)N2c1nc2c(s1)CCC2. The van der Waals surface area contributed by atoms with Crippen molar-refractivity contribution in [1.29, 1.82) is 0 Å². The first-order valence-electron chi connectivity index (χ1n) is 8.35. The fraction of sp³-hybridized carbons (Fsp3) is 0.812. The Hall–Kier alpha value is -0.610. The highest BCUT2D eigenvalue weighted by Gasteiger charge is 2.39. The minimum atomic E-state index is 0.734. The Bertz CT molecular complexity index is 449. The number of fused-ring (bicyclic) bond motifs is 3. The molecule has 3 nitrogen and oxygen atoms in total. The molecule has 2 atom stereocenters. The van der Waals surface area contributed by atoms with Crippen LogP contribution in [-0.4, -0.2) is 29.7 Å². The summed E-state index contributed by atoms with van der Waals surface area (Å²) in [6.45, 7) is 3.34. The van der Waals surface area contributed by atoms with Gasteiger partial charge in [-0.25, -0.2) is 4.98 Å². The topological polar surface area (TPSA) is 28.2 Å². The highest BCUT2D eigenvalue weighted by atomic mass is 32.1. The van der Waals surface area contributed by atoms with Crippen LogP contribution in [0.2, 0.25) is 0 Å². The standard InChI is InChI=1S/C16H25N3S/c1-2-17-11-9-12-5-3-6-13(10-11)19(12)16-18-14-7-4-8-15(14)20-16/h11-13,17H,2-10H2,1H3. The van der Waals surface area contributed by atoms with Gasteiger partial charge in [0.05, 0.1) is 5.69 Å². The lowest BCUT2D eigenvalue weighted by molar-refractivity contribution is 0.247. The molecule has 1 aromatic rings. The summed E-state index contributed by atoms with van der Waals surface area (Å²) in [5.74, 6) is 0. The number of nitrogens with zero attached hydrogens (tertiary/aromatic N) is 2. The van der Waals surface area contributed by atoms with Crippen molar-refractivity contribution in [3.63, 3.8) is 0 Å². The fourth-order valence-electron chi connectivity index (χ4n) is 4.44. The number of rotatable bonds is 3. The Morgan fingerprint density at radius 2 is 2.00 bits per heavy atom.